The molecule has 1 saturated carbocycles. The summed E-state index contributed by atoms with van der Waals surface area (Å²) in [6.07, 6.45) is 4.00. The number of aromatic nitrogens is 4. The van der Waals surface area contributed by atoms with E-state index in [1.165, 1.54) is 28.4 Å². The largest absolute Gasteiger partial charge is 0.326 e. The summed E-state index contributed by atoms with van der Waals surface area (Å²) in [6, 6.07) is 12.2. The number of halogens is 1. The first-order chi connectivity index (χ1) is 16.0. The number of para-hydroxylation sites is 1. The van der Waals surface area contributed by atoms with Crippen LogP contribution in [0.5, 0.6) is 0 Å². The van der Waals surface area contributed by atoms with Crippen LogP contribution in [0.3, 0.4) is 0 Å². The highest BCUT2D eigenvalue weighted by atomic mass is 19.1. The number of aryl methyl sites for hydroxylation is 1. The van der Waals surface area contributed by atoms with Gasteiger partial charge in [-0.2, -0.15) is 4.68 Å². The molecular formula is C24H25FN6O2. The van der Waals surface area contributed by atoms with Crippen molar-refractivity contribution in [1.82, 2.24) is 20.2 Å². The fourth-order valence-electron chi connectivity index (χ4n) is 4.95. The topological polar surface area (TPSA) is 93.0 Å². The summed E-state index contributed by atoms with van der Waals surface area (Å²) in [6.45, 7) is 2.31. The zero-order chi connectivity index (χ0) is 22.9. The molecule has 2 atom stereocenters. The summed E-state index contributed by atoms with van der Waals surface area (Å²) < 4.78 is 15.7. The van der Waals surface area contributed by atoms with Crippen LogP contribution in [0.2, 0.25) is 0 Å². The molecule has 0 radical (unpaired) electrons. The molecule has 0 saturated heterocycles. The maximum absolute atomic E-state index is 14.4. The SMILES string of the molecule is Cc1nnnn1-c1cc(NC(=O)C2CCCCC2C(=O)N2CCc3ccccc32)ccc1F. The summed E-state index contributed by atoms with van der Waals surface area (Å²) in [5.74, 6) is -1.06. The van der Waals surface area contributed by atoms with E-state index in [4.69, 9.17) is 0 Å². The van der Waals surface area contributed by atoms with Crippen LogP contribution < -0.4 is 10.2 Å². The molecule has 170 valence electrons. The molecule has 3 aromatic rings. The predicted molar refractivity (Wildman–Crippen MR) is 120 cm³/mol. The van der Waals surface area contributed by atoms with Crippen molar-refractivity contribution in [3.05, 3.63) is 59.7 Å². The van der Waals surface area contributed by atoms with E-state index in [0.717, 1.165) is 24.9 Å². The number of tetrazole rings is 1. The van der Waals surface area contributed by atoms with Crippen LogP contribution in [0, 0.1) is 24.6 Å². The summed E-state index contributed by atoms with van der Waals surface area (Å²) in [5.41, 5.74) is 2.71. The zero-order valence-corrected chi connectivity index (χ0v) is 18.4. The molecule has 8 nitrogen and oxygen atoms in total. The number of carbonyl (C=O) groups excluding carboxylic acids is 2. The van der Waals surface area contributed by atoms with Crippen LogP contribution in [0.25, 0.3) is 5.69 Å². The van der Waals surface area contributed by atoms with Gasteiger partial charge in [-0.05, 0) is 66.4 Å². The van der Waals surface area contributed by atoms with Gasteiger partial charge in [0.25, 0.3) is 0 Å². The molecule has 1 aliphatic heterocycles. The number of benzene rings is 2. The maximum Gasteiger partial charge on any atom is 0.230 e. The van der Waals surface area contributed by atoms with Crippen molar-refractivity contribution in [3.8, 4) is 5.69 Å². The Morgan fingerprint density at radius 3 is 2.64 bits per heavy atom. The second-order valence-corrected chi connectivity index (χ2v) is 8.66. The molecule has 2 aliphatic rings. The van der Waals surface area contributed by atoms with Crippen molar-refractivity contribution in [2.24, 2.45) is 11.8 Å². The molecule has 0 bridgehead atoms. The Morgan fingerprint density at radius 1 is 1.06 bits per heavy atom. The number of carbonyl (C=O) groups is 2. The molecule has 33 heavy (non-hydrogen) atoms. The first kappa shape index (κ1) is 21.2. The first-order valence-corrected chi connectivity index (χ1v) is 11.3. The fourth-order valence-corrected chi connectivity index (χ4v) is 4.95. The van der Waals surface area contributed by atoms with Gasteiger partial charge >= 0.3 is 0 Å². The first-order valence-electron chi connectivity index (χ1n) is 11.3. The van der Waals surface area contributed by atoms with Gasteiger partial charge in [0, 0.05) is 23.8 Å². The Balaban J connectivity index is 1.36. The fraction of sp³-hybridized carbons (Fsp3) is 0.375. The van der Waals surface area contributed by atoms with Gasteiger partial charge in [-0.3, -0.25) is 9.59 Å². The quantitative estimate of drug-likeness (QED) is 0.660. The minimum absolute atomic E-state index is 0.0175. The van der Waals surface area contributed by atoms with Crippen LogP contribution in [-0.2, 0) is 16.0 Å². The molecule has 1 N–H and O–H groups in total. The van der Waals surface area contributed by atoms with Gasteiger partial charge in [-0.15, -0.1) is 5.10 Å². The standard InChI is InChI=1S/C24H25FN6O2/c1-15-27-28-29-31(15)22-14-17(10-11-20(22)25)26-23(32)18-7-3-4-8-19(18)24(33)30-13-12-16-6-2-5-9-21(16)30/h2,5-6,9-11,14,18-19H,3-4,7-8,12-13H2,1H3,(H,26,32). The third kappa shape index (κ3) is 3.99. The van der Waals surface area contributed by atoms with E-state index in [1.807, 2.05) is 29.2 Å². The van der Waals surface area contributed by atoms with E-state index >= 15 is 0 Å². The number of hydrogen-bond donors (Lipinski definition) is 1. The van der Waals surface area contributed by atoms with E-state index in [0.29, 0.717) is 30.9 Å². The molecular weight excluding hydrogens is 423 g/mol. The lowest BCUT2D eigenvalue weighted by molar-refractivity contribution is -0.132. The second kappa shape index (κ2) is 8.73. The normalized spacial score (nSPS) is 19.9. The van der Waals surface area contributed by atoms with Crippen LogP contribution in [0.1, 0.15) is 37.1 Å². The van der Waals surface area contributed by atoms with E-state index in [9.17, 15) is 14.0 Å². The Kier molecular flexibility index (Phi) is 5.62. The number of nitrogens with zero attached hydrogens (tertiary/aromatic N) is 5. The number of hydrogen-bond acceptors (Lipinski definition) is 5. The van der Waals surface area contributed by atoms with Crippen molar-refractivity contribution in [2.75, 3.05) is 16.8 Å². The number of rotatable bonds is 4. The van der Waals surface area contributed by atoms with Crippen molar-refractivity contribution in [2.45, 2.75) is 39.0 Å². The lowest BCUT2D eigenvalue weighted by atomic mass is 9.77. The molecule has 2 heterocycles. The highest BCUT2D eigenvalue weighted by Crippen LogP contribution is 2.36. The lowest BCUT2D eigenvalue weighted by Crippen LogP contribution is -2.43. The van der Waals surface area contributed by atoms with Crippen molar-refractivity contribution >= 4 is 23.2 Å². The van der Waals surface area contributed by atoms with E-state index in [2.05, 4.69) is 20.8 Å². The summed E-state index contributed by atoms with van der Waals surface area (Å²) in [4.78, 5) is 28.6. The molecule has 1 aliphatic carbocycles. The Bertz CT molecular complexity index is 1210. The van der Waals surface area contributed by atoms with Gasteiger partial charge in [0.1, 0.15) is 11.5 Å². The molecule has 9 heteroatoms. The third-order valence-electron chi connectivity index (χ3n) is 6.64. The van der Waals surface area contributed by atoms with E-state index in [1.54, 1.807) is 6.92 Å². The lowest BCUT2D eigenvalue weighted by Gasteiger charge is -2.32. The molecule has 1 fully saturated rings. The maximum atomic E-state index is 14.4. The summed E-state index contributed by atoms with van der Waals surface area (Å²) in [7, 11) is 0. The molecule has 0 spiro atoms. The van der Waals surface area contributed by atoms with Gasteiger partial charge in [0.15, 0.2) is 5.82 Å². The van der Waals surface area contributed by atoms with Crippen molar-refractivity contribution in [1.29, 1.82) is 0 Å². The number of anilines is 2. The van der Waals surface area contributed by atoms with Crippen LogP contribution in [-0.4, -0.2) is 38.6 Å². The molecule has 2 aromatic carbocycles. The monoisotopic (exact) mass is 448 g/mol. The van der Waals surface area contributed by atoms with E-state index in [-0.39, 0.29) is 23.4 Å². The number of amides is 2. The van der Waals surface area contributed by atoms with Crippen molar-refractivity contribution < 1.29 is 14.0 Å². The highest BCUT2D eigenvalue weighted by Gasteiger charge is 2.39. The highest BCUT2D eigenvalue weighted by molar-refractivity contribution is 6.02. The third-order valence-corrected chi connectivity index (χ3v) is 6.64. The predicted octanol–water partition coefficient (Wildman–Crippen LogP) is 3.44. The number of fused-ring (bicyclic) bond motifs is 1. The second-order valence-electron chi connectivity index (χ2n) is 8.66. The van der Waals surface area contributed by atoms with Gasteiger partial charge in [-0.25, -0.2) is 4.39 Å². The Hall–Kier alpha value is -3.62. The van der Waals surface area contributed by atoms with Gasteiger partial charge in [0.05, 0.1) is 5.92 Å². The minimum Gasteiger partial charge on any atom is -0.326 e. The average molecular weight is 449 g/mol. The average Bonchev–Trinajstić information content (AvgIpc) is 3.46. The molecule has 2 unspecified atom stereocenters. The van der Waals surface area contributed by atoms with Gasteiger partial charge < -0.3 is 10.2 Å². The molecule has 1 aromatic heterocycles. The Labute approximate surface area is 190 Å². The van der Waals surface area contributed by atoms with Crippen molar-refractivity contribution in [3.63, 3.8) is 0 Å². The number of nitrogens with one attached hydrogen (secondary N) is 1. The Morgan fingerprint density at radius 2 is 1.85 bits per heavy atom. The van der Waals surface area contributed by atoms with Crippen LogP contribution in [0.15, 0.2) is 42.5 Å². The van der Waals surface area contributed by atoms with Gasteiger partial charge in [-0.1, -0.05) is 31.0 Å². The van der Waals surface area contributed by atoms with E-state index < -0.39 is 11.7 Å². The molecule has 5 rings (SSSR count). The summed E-state index contributed by atoms with van der Waals surface area (Å²) >= 11 is 0. The summed E-state index contributed by atoms with van der Waals surface area (Å²) in [5, 5.41) is 14.0. The molecule has 2 amide bonds. The van der Waals surface area contributed by atoms with Crippen LogP contribution in [0.4, 0.5) is 15.8 Å². The van der Waals surface area contributed by atoms with Gasteiger partial charge in [0.2, 0.25) is 11.8 Å². The van der Waals surface area contributed by atoms with Crippen LogP contribution >= 0.6 is 0 Å². The smallest absolute Gasteiger partial charge is 0.230 e. The zero-order valence-electron chi connectivity index (χ0n) is 18.4. The minimum atomic E-state index is -0.498.